The molecule has 0 aliphatic heterocycles. The van der Waals surface area contributed by atoms with Gasteiger partial charge in [0.15, 0.2) is 0 Å². The zero-order chi connectivity index (χ0) is 15.3. The topological polar surface area (TPSA) is 96.1 Å². The summed E-state index contributed by atoms with van der Waals surface area (Å²) in [6, 6.07) is 9.77. The zero-order valence-corrected chi connectivity index (χ0v) is 12.3. The summed E-state index contributed by atoms with van der Waals surface area (Å²) >= 11 is 0. The Morgan fingerprint density at radius 3 is 2.43 bits per heavy atom. The normalized spacial score (nSPS) is 13.5. The van der Waals surface area contributed by atoms with Gasteiger partial charge in [-0.1, -0.05) is 37.3 Å². The molecule has 2 rings (SSSR count). The van der Waals surface area contributed by atoms with Crippen molar-refractivity contribution in [1.29, 1.82) is 0 Å². The number of hydrazine groups is 1. The number of hydrogen-bond acceptors (Lipinski definition) is 6. The Bertz CT molecular complexity index is 590. The third kappa shape index (κ3) is 3.12. The SMILES string of the molecule is CCc1c(NN)ncnc1NC(C)(CO)c1ccccc1. The number of nitrogens with zero attached hydrogens (tertiary/aromatic N) is 2. The van der Waals surface area contributed by atoms with E-state index in [0.717, 1.165) is 17.5 Å². The fourth-order valence-electron chi connectivity index (χ4n) is 2.25. The van der Waals surface area contributed by atoms with Crippen molar-refractivity contribution in [2.45, 2.75) is 25.8 Å². The summed E-state index contributed by atoms with van der Waals surface area (Å²) in [5.74, 6) is 6.74. The average Bonchev–Trinajstić information content (AvgIpc) is 2.55. The lowest BCUT2D eigenvalue weighted by Gasteiger charge is -2.31. The Kier molecular flexibility index (Phi) is 4.72. The number of anilines is 2. The molecule has 0 amide bonds. The van der Waals surface area contributed by atoms with Gasteiger partial charge in [-0.25, -0.2) is 15.8 Å². The van der Waals surface area contributed by atoms with Gasteiger partial charge in [0.2, 0.25) is 0 Å². The van der Waals surface area contributed by atoms with Crippen molar-refractivity contribution >= 4 is 11.6 Å². The molecular weight excluding hydrogens is 266 g/mol. The molecule has 6 nitrogen and oxygen atoms in total. The molecule has 2 aromatic rings. The maximum absolute atomic E-state index is 9.84. The summed E-state index contributed by atoms with van der Waals surface area (Å²) in [5, 5.41) is 13.2. The van der Waals surface area contributed by atoms with E-state index in [1.165, 1.54) is 6.33 Å². The number of nitrogens with one attached hydrogen (secondary N) is 2. The first-order valence-corrected chi connectivity index (χ1v) is 6.89. The van der Waals surface area contributed by atoms with E-state index in [-0.39, 0.29) is 6.61 Å². The van der Waals surface area contributed by atoms with Crippen molar-refractivity contribution in [3.8, 4) is 0 Å². The third-order valence-corrected chi connectivity index (χ3v) is 3.56. The van der Waals surface area contributed by atoms with Gasteiger partial charge in [0.25, 0.3) is 0 Å². The predicted octanol–water partition coefficient (Wildman–Crippen LogP) is 1.64. The first kappa shape index (κ1) is 15.2. The maximum Gasteiger partial charge on any atom is 0.148 e. The average molecular weight is 287 g/mol. The van der Waals surface area contributed by atoms with Crippen LogP contribution in [0.15, 0.2) is 36.7 Å². The van der Waals surface area contributed by atoms with Crippen LogP contribution in [0, 0.1) is 0 Å². The molecule has 0 aliphatic rings. The van der Waals surface area contributed by atoms with Crippen LogP contribution in [0.4, 0.5) is 11.6 Å². The van der Waals surface area contributed by atoms with Crippen molar-refractivity contribution in [1.82, 2.24) is 9.97 Å². The molecule has 0 saturated heterocycles. The van der Waals surface area contributed by atoms with E-state index in [4.69, 9.17) is 5.84 Å². The first-order chi connectivity index (χ1) is 10.1. The molecule has 21 heavy (non-hydrogen) atoms. The summed E-state index contributed by atoms with van der Waals surface area (Å²) in [7, 11) is 0. The van der Waals surface area contributed by atoms with Crippen molar-refractivity contribution in [2.75, 3.05) is 17.3 Å². The molecule has 0 fully saturated rings. The van der Waals surface area contributed by atoms with Gasteiger partial charge in [0.1, 0.15) is 18.0 Å². The standard InChI is InChI=1S/C15H21N5O/c1-3-12-13(17-10-18-14(12)20-16)19-15(2,9-21)11-7-5-4-6-8-11/h4-8,10,21H,3,9,16H2,1-2H3,(H2,17,18,19,20). The van der Waals surface area contributed by atoms with Crippen molar-refractivity contribution in [3.63, 3.8) is 0 Å². The van der Waals surface area contributed by atoms with E-state index in [1.807, 2.05) is 44.2 Å². The number of aliphatic hydroxyl groups is 1. The predicted molar refractivity (Wildman–Crippen MR) is 83.7 cm³/mol. The van der Waals surface area contributed by atoms with E-state index in [1.54, 1.807) is 0 Å². The minimum Gasteiger partial charge on any atom is -0.394 e. The van der Waals surface area contributed by atoms with Crippen molar-refractivity contribution in [3.05, 3.63) is 47.8 Å². The maximum atomic E-state index is 9.84. The molecule has 0 saturated carbocycles. The third-order valence-electron chi connectivity index (χ3n) is 3.56. The van der Waals surface area contributed by atoms with Gasteiger partial charge in [0.05, 0.1) is 12.1 Å². The van der Waals surface area contributed by atoms with Crippen LogP contribution >= 0.6 is 0 Å². The number of benzene rings is 1. The number of nitrogens with two attached hydrogens (primary N) is 1. The number of hydrogen-bond donors (Lipinski definition) is 4. The highest BCUT2D eigenvalue weighted by atomic mass is 16.3. The first-order valence-electron chi connectivity index (χ1n) is 6.89. The fourth-order valence-corrected chi connectivity index (χ4v) is 2.25. The molecule has 1 aromatic heterocycles. The van der Waals surface area contributed by atoms with E-state index in [0.29, 0.717) is 11.6 Å². The smallest absolute Gasteiger partial charge is 0.148 e. The summed E-state index contributed by atoms with van der Waals surface area (Å²) in [4.78, 5) is 8.40. The second kappa shape index (κ2) is 6.51. The fraction of sp³-hybridized carbons (Fsp3) is 0.333. The Hall–Kier alpha value is -2.18. The zero-order valence-electron chi connectivity index (χ0n) is 12.3. The van der Waals surface area contributed by atoms with Crippen LogP contribution in [-0.2, 0) is 12.0 Å². The highest BCUT2D eigenvalue weighted by Crippen LogP contribution is 2.28. The van der Waals surface area contributed by atoms with Gasteiger partial charge >= 0.3 is 0 Å². The van der Waals surface area contributed by atoms with Crippen LogP contribution in [0.3, 0.4) is 0 Å². The Morgan fingerprint density at radius 1 is 1.19 bits per heavy atom. The highest BCUT2D eigenvalue weighted by molar-refractivity contribution is 5.58. The molecular formula is C15H21N5O. The molecule has 0 radical (unpaired) electrons. The van der Waals surface area contributed by atoms with Crippen LogP contribution < -0.4 is 16.6 Å². The lowest BCUT2D eigenvalue weighted by molar-refractivity contribution is 0.223. The Morgan fingerprint density at radius 2 is 1.86 bits per heavy atom. The van der Waals surface area contributed by atoms with Crippen LogP contribution in [0.2, 0.25) is 0 Å². The number of aliphatic hydroxyl groups excluding tert-OH is 1. The number of nitrogen functional groups attached to an aromatic ring is 1. The molecule has 112 valence electrons. The van der Waals surface area contributed by atoms with Gasteiger partial charge in [-0.2, -0.15) is 0 Å². The molecule has 0 bridgehead atoms. The second-order valence-corrected chi connectivity index (χ2v) is 5.03. The quantitative estimate of drug-likeness (QED) is 0.476. The Balaban J connectivity index is 2.39. The minimum atomic E-state index is -0.634. The highest BCUT2D eigenvalue weighted by Gasteiger charge is 2.27. The lowest BCUT2D eigenvalue weighted by Crippen LogP contribution is -2.36. The largest absolute Gasteiger partial charge is 0.394 e. The summed E-state index contributed by atoms with van der Waals surface area (Å²) in [5.41, 5.74) is 3.81. The van der Waals surface area contributed by atoms with E-state index < -0.39 is 5.54 Å². The van der Waals surface area contributed by atoms with E-state index in [9.17, 15) is 5.11 Å². The molecule has 5 N–H and O–H groups in total. The number of aromatic nitrogens is 2. The summed E-state index contributed by atoms with van der Waals surface area (Å²) in [6.45, 7) is 3.87. The second-order valence-electron chi connectivity index (χ2n) is 5.03. The molecule has 6 heteroatoms. The monoisotopic (exact) mass is 287 g/mol. The molecule has 0 spiro atoms. The molecule has 1 atom stereocenters. The molecule has 1 unspecified atom stereocenters. The van der Waals surface area contributed by atoms with Crippen LogP contribution in [0.5, 0.6) is 0 Å². The minimum absolute atomic E-state index is 0.0600. The van der Waals surface area contributed by atoms with Crippen LogP contribution in [0.1, 0.15) is 25.0 Å². The van der Waals surface area contributed by atoms with Gasteiger partial charge in [-0.15, -0.1) is 0 Å². The Labute approximate surface area is 124 Å². The van der Waals surface area contributed by atoms with Crippen molar-refractivity contribution < 1.29 is 5.11 Å². The molecule has 1 aromatic carbocycles. The van der Waals surface area contributed by atoms with Gasteiger partial charge in [-0.3, -0.25) is 0 Å². The van der Waals surface area contributed by atoms with Gasteiger partial charge in [0, 0.05) is 5.56 Å². The van der Waals surface area contributed by atoms with Gasteiger partial charge < -0.3 is 15.8 Å². The molecule has 1 heterocycles. The number of rotatable bonds is 6. The van der Waals surface area contributed by atoms with E-state index in [2.05, 4.69) is 20.7 Å². The van der Waals surface area contributed by atoms with Crippen LogP contribution in [-0.4, -0.2) is 21.7 Å². The summed E-state index contributed by atoms with van der Waals surface area (Å²) < 4.78 is 0. The van der Waals surface area contributed by atoms with Gasteiger partial charge in [-0.05, 0) is 18.9 Å². The van der Waals surface area contributed by atoms with E-state index >= 15 is 0 Å². The van der Waals surface area contributed by atoms with Crippen LogP contribution in [0.25, 0.3) is 0 Å². The molecule has 0 aliphatic carbocycles. The lowest BCUT2D eigenvalue weighted by atomic mass is 9.92. The van der Waals surface area contributed by atoms with Crippen molar-refractivity contribution in [2.24, 2.45) is 5.84 Å². The summed E-state index contributed by atoms with van der Waals surface area (Å²) in [6.07, 6.45) is 2.17.